The van der Waals surface area contributed by atoms with E-state index < -0.39 is 12.2 Å². The molecule has 0 amide bonds. The first-order valence-corrected chi connectivity index (χ1v) is 8.74. The molecule has 1 aliphatic carbocycles. The molecule has 1 saturated carbocycles. The fourth-order valence-electron chi connectivity index (χ4n) is 3.31. The van der Waals surface area contributed by atoms with Gasteiger partial charge in [-0.15, -0.1) is 24.8 Å². The molecule has 9 heteroatoms. The number of halogens is 2. The minimum absolute atomic E-state index is 0. The second kappa shape index (κ2) is 9.65. The zero-order chi connectivity index (χ0) is 14.8. The van der Waals surface area contributed by atoms with Crippen LogP contribution in [-0.2, 0) is 4.74 Å². The smallest absolute Gasteiger partial charge is 0.159 e. The summed E-state index contributed by atoms with van der Waals surface area (Å²) in [6.45, 7) is 0.585. The van der Waals surface area contributed by atoms with Crippen LogP contribution in [0, 0.1) is 0 Å². The van der Waals surface area contributed by atoms with Crippen LogP contribution in [0.3, 0.4) is 0 Å². The molecule has 3 rings (SSSR count). The van der Waals surface area contributed by atoms with Gasteiger partial charge in [-0.2, -0.15) is 0 Å². The summed E-state index contributed by atoms with van der Waals surface area (Å²) in [5.41, 5.74) is -0.205. The lowest BCUT2D eigenvalue weighted by Gasteiger charge is -2.39. The molecule has 136 valence electrons. The van der Waals surface area contributed by atoms with Crippen molar-refractivity contribution < 1.29 is 14.9 Å². The van der Waals surface area contributed by atoms with Gasteiger partial charge in [0.1, 0.15) is 29.8 Å². The number of fused-ring (bicyclic) bond motifs is 1. The number of hydrogen-bond acceptors (Lipinski definition) is 7. The van der Waals surface area contributed by atoms with Crippen LogP contribution in [0.15, 0.2) is 4.99 Å². The summed E-state index contributed by atoms with van der Waals surface area (Å²) in [7, 11) is 1.80. The van der Waals surface area contributed by atoms with E-state index in [0.29, 0.717) is 12.6 Å². The van der Waals surface area contributed by atoms with Gasteiger partial charge in [0.05, 0.1) is 0 Å². The lowest BCUT2D eigenvalue weighted by atomic mass is 9.94. The molecule has 0 aromatic rings. The van der Waals surface area contributed by atoms with Crippen molar-refractivity contribution >= 4 is 41.7 Å². The Hall–Kier alpha value is 0.240. The highest BCUT2D eigenvalue weighted by molar-refractivity contribution is 8.14. The second-order valence-electron chi connectivity index (χ2n) is 6.06. The SMILES string of the molecule is CNC1=N[C@@H]2[C@@H](O)[C@H](O)[C@@H](CNC3CCCCC3)O[C@@H]2S1.Cl.Cl. The fraction of sp³-hybridized carbons (Fsp3) is 0.929. The van der Waals surface area contributed by atoms with Crippen LogP contribution in [-0.4, -0.2) is 64.8 Å². The molecule has 2 aliphatic heterocycles. The fourth-order valence-corrected chi connectivity index (χ4v) is 4.39. The summed E-state index contributed by atoms with van der Waals surface area (Å²) >= 11 is 1.48. The molecule has 0 spiro atoms. The number of rotatable bonds is 3. The van der Waals surface area contributed by atoms with E-state index in [1.807, 2.05) is 0 Å². The van der Waals surface area contributed by atoms with Gasteiger partial charge in [-0.05, 0) is 12.8 Å². The third kappa shape index (κ3) is 4.87. The number of nitrogens with zero attached hydrogens (tertiary/aromatic N) is 1. The Bertz CT molecular complexity index is 399. The van der Waals surface area contributed by atoms with Gasteiger partial charge in [0, 0.05) is 19.6 Å². The van der Waals surface area contributed by atoms with Crippen molar-refractivity contribution in [2.24, 2.45) is 4.99 Å². The molecule has 2 fully saturated rings. The van der Waals surface area contributed by atoms with Gasteiger partial charge in [-0.1, -0.05) is 31.0 Å². The van der Waals surface area contributed by atoms with Crippen LogP contribution < -0.4 is 10.6 Å². The molecule has 4 N–H and O–H groups in total. The number of aliphatic hydroxyl groups is 2. The maximum atomic E-state index is 10.3. The summed E-state index contributed by atoms with van der Waals surface area (Å²) in [4.78, 5) is 4.36. The molecule has 5 atom stereocenters. The highest BCUT2D eigenvalue weighted by atomic mass is 35.5. The maximum Gasteiger partial charge on any atom is 0.159 e. The quantitative estimate of drug-likeness (QED) is 0.575. The van der Waals surface area contributed by atoms with Gasteiger partial charge in [0.15, 0.2) is 5.17 Å². The molecule has 0 unspecified atom stereocenters. The molecule has 0 radical (unpaired) electrons. The monoisotopic (exact) mass is 387 g/mol. The van der Waals surface area contributed by atoms with Crippen molar-refractivity contribution in [1.29, 1.82) is 0 Å². The van der Waals surface area contributed by atoms with Crippen molar-refractivity contribution in [2.75, 3.05) is 13.6 Å². The molecule has 6 nitrogen and oxygen atoms in total. The first kappa shape index (κ1) is 21.3. The maximum absolute atomic E-state index is 10.3. The lowest BCUT2D eigenvalue weighted by Crippen LogP contribution is -2.58. The van der Waals surface area contributed by atoms with Gasteiger partial charge in [-0.3, -0.25) is 4.99 Å². The number of aliphatic hydroxyl groups excluding tert-OH is 2. The summed E-state index contributed by atoms with van der Waals surface area (Å²) in [6, 6.07) is 0.142. The Labute approximate surface area is 154 Å². The van der Waals surface area contributed by atoms with Gasteiger partial charge in [0.2, 0.25) is 0 Å². The number of hydrogen-bond donors (Lipinski definition) is 4. The minimum atomic E-state index is -0.886. The largest absolute Gasteiger partial charge is 0.388 e. The molecular weight excluding hydrogens is 361 g/mol. The Morgan fingerprint density at radius 2 is 1.87 bits per heavy atom. The normalized spacial score (nSPS) is 37.2. The number of ether oxygens (including phenoxy) is 1. The third-order valence-corrected chi connectivity index (χ3v) is 5.74. The molecule has 0 aromatic carbocycles. The van der Waals surface area contributed by atoms with Gasteiger partial charge in [0.25, 0.3) is 0 Å². The Morgan fingerprint density at radius 1 is 1.17 bits per heavy atom. The first-order valence-electron chi connectivity index (χ1n) is 7.86. The van der Waals surface area contributed by atoms with Crippen molar-refractivity contribution in [3.05, 3.63) is 0 Å². The third-order valence-electron chi connectivity index (χ3n) is 4.59. The average molecular weight is 388 g/mol. The van der Waals surface area contributed by atoms with E-state index in [1.54, 1.807) is 7.05 Å². The Morgan fingerprint density at radius 3 is 2.52 bits per heavy atom. The van der Waals surface area contributed by atoms with Crippen LogP contribution in [0.25, 0.3) is 0 Å². The number of aliphatic imine (C=N–C) groups is 1. The Kier molecular flexibility index (Phi) is 8.93. The number of amidine groups is 1. The van der Waals surface area contributed by atoms with Crippen molar-refractivity contribution in [1.82, 2.24) is 10.6 Å². The summed E-state index contributed by atoms with van der Waals surface area (Å²) in [6.07, 6.45) is 4.13. The summed E-state index contributed by atoms with van der Waals surface area (Å²) in [5.74, 6) is 0. The van der Waals surface area contributed by atoms with Gasteiger partial charge in [-0.25, -0.2) is 0 Å². The molecule has 3 aliphatic rings. The predicted octanol–water partition coefficient (Wildman–Crippen LogP) is 0.890. The van der Waals surface area contributed by atoms with E-state index in [2.05, 4.69) is 15.6 Å². The average Bonchev–Trinajstić information content (AvgIpc) is 2.94. The molecule has 0 bridgehead atoms. The van der Waals surface area contributed by atoms with E-state index in [9.17, 15) is 10.2 Å². The lowest BCUT2D eigenvalue weighted by molar-refractivity contribution is -0.151. The first-order chi connectivity index (χ1) is 10.2. The van der Waals surface area contributed by atoms with E-state index in [0.717, 1.165) is 5.17 Å². The molecule has 23 heavy (non-hydrogen) atoms. The Balaban J connectivity index is 0.00000132. The highest BCUT2D eigenvalue weighted by Gasteiger charge is 2.47. The van der Waals surface area contributed by atoms with Crippen LogP contribution in [0.1, 0.15) is 32.1 Å². The van der Waals surface area contributed by atoms with Crippen LogP contribution in [0.5, 0.6) is 0 Å². The van der Waals surface area contributed by atoms with Crippen LogP contribution >= 0.6 is 36.6 Å². The summed E-state index contributed by atoms with van der Waals surface area (Å²) < 4.78 is 5.95. The minimum Gasteiger partial charge on any atom is -0.388 e. The zero-order valence-corrected chi connectivity index (χ0v) is 15.6. The topological polar surface area (TPSA) is 86.1 Å². The van der Waals surface area contributed by atoms with Crippen LogP contribution in [0.4, 0.5) is 0 Å². The van der Waals surface area contributed by atoms with Crippen molar-refractivity contribution in [2.45, 2.75) is 67.9 Å². The van der Waals surface area contributed by atoms with E-state index in [4.69, 9.17) is 4.74 Å². The molecule has 2 heterocycles. The van der Waals surface area contributed by atoms with E-state index in [-0.39, 0.29) is 42.4 Å². The van der Waals surface area contributed by atoms with Crippen LogP contribution in [0.2, 0.25) is 0 Å². The highest BCUT2D eigenvalue weighted by Crippen LogP contribution is 2.35. The van der Waals surface area contributed by atoms with Gasteiger partial charge < -0.3 is 25.6 Å². The number of thioether (sulfide) groups is 1. The predicted molar refractivity (Wildman–Crippen MR) is 97.9 cm³/mol. The summed E-state index contributed by atoms with van der Waals surface area (Å²) in [5, 5.41) is 27.8. The second-order valence-corrected chi connectivity index (χ2v) is 7.15. The molecule has 0 aromatic heterocycles. The molecular formula is C14H27Cl2N3O3S. The van der Waals surface area contributed by atoms with Gasteiger partial charge >= 0.3 is 0 Å². The van der Waals surface area contributed by atoms with E-state index >= 15 is 0 Å². The zero-order valence-electron chi connectivity index (χ0n) is 13.2. The number of nitrogens with one attached hydrogen (secondary N) is 2. The van der Waals surface area contributed by atoms with Crippen molar-refractivity contribution in [3.8, 4) is 0 Å². The van der Waals surface area contributed by atoms with Crippen molar-refractivity contribution in [3.63, 3.8) is 0 Å². The molecule has 1 saturated heterocycles. The van der Waals surface area contributed by atoms with E-state index in [1.165, 1.54) is 43.9 Å². The standard InChI is InChI=1S/C14H25N3O3S.2ClH/c1-15-14-17-10-12(19)11(18)9(20-13(10)21-14)7-16-8-5-3-2-4-6-8;;/h8-13,16,18-19H,2-7H2,1H3,(H,15,17);2*1H/t9-,10-,11-,12-,13-;;/m1../s1.